The van der Waals surface area contributed by atoms with Gasteiger partial charge in [-0.05, 0) is 64.9 Å². The monoisotopic (exact) mass is 381 g/mol. The molecule has 0 atom stereocenters. The molecule has 6 heteroatoms. The molecule has 0 saturated heterocycles. The highest BCUT2D eigenvalue weighted by molar-refractivity contribution is 7.22. The zero-order chi connectivity index (χ0) is 17.3. The van der Waals surface area contributed by atoms with Crippen molar-refractivity contribution in [2.75, 3.05) is 32.1 Å². The third kappa shape index (κ3) is 4.33. The number of hydrogen-bond acceptors (Lipinski definition) is 4. The first kappa shape index (κ1) is 20.1. The summed E-state index contributed by atoms with van der Waals surface area (Å²) >= 11 is 1.67. The number of hydrogen-bond donors (Lipinski definition) is 0. The van der Waals surface area contributed by atoms with E-state index in [0.29, 0.717) is 0 Å². The van der Waals surface area contributed by atoms with Crippen LogP contribution in [0, 0.1) is 19.8 Å². The van der Waals surface area contributed by atoms with Crippen molar-refractivity contribution < 1.29 is 4.79 Å². The smallest absolute Gasteiger partial charge is 0.231 e. The predicted molar refractivity (Wildman–Crippen MR) is 109 cm³/mol. The molecule has 0 radical (unpaired) electrons. The maximum atomic E-state index is 12.9. The second-order valence-electron chi connectivity index (χ2n) is 7.15. The summed E-state index contributed by atoms with van der Waals surface area (Å²) in [5, 5.41) is 0.873. The minimum atomic E-state index is 0. The van der Waals surface area contributed by atoms with E-state index in [1.807, 2.05) is 4.90 Å². The first-order valence-electron chi connectivity index (χ1n) is 8.80. The minimum absolute atomic E-state index is 0. The Bertz CT molecular complexity index is 701. The van der Waals surface area contributed by atoms with Crippen molar-refractivity contribution in [3.8, 4) is 0 Å². The molecule has 1 heterocycles. The van der Waals surface area contributed by atoms with Gasteiger partial charge in [-0.15, -0.1) is 12.4 Å². The Balaban J connectivity index is 0.00000225. The number of halogens is 1. The van der Waals surface area contributed by atoms with E-state index in [9.17, 15) is 4.79 Å². The molecule has 1 fully saturated rings. The maximum absolute atomic E-state index is 12.9. The van der Waals surface area contributed by atoms with Crippen molar-refractivity contribution in [1.29, 1.82) is 0 Å². The molecule has 0 unspecified atom stereocenters. The number of amides is 1. The number of thiazole rings is 1. The fraction of sp³-hybridized carbons (Fsp3) is 0.579. The van der Waals surface area contributed by atoms with Gasteiger partial charge in [0.2, 0.25) is 5.91 Å². The van der Waals surface area contributed by atoms with Gasteiger partial charge in [0.15, 0.2) is 5.13 Å². The number of carbonyl (C=O) groups is 1. The Morgan fingerprint density at radius 1 is 1.20 bits per heavy atom. The van der Waals surface area contributed by atoms with Gasteiger partial charge in [0.25, 0.3) is 0 Å². The summed E-state index contributed by atoms with van der Waals surface area (Å²) < 4.78 is 1.21. The molecule has 1 aliphatic rings. The molecule has 1 amide bonds. The number of nitrogens with zero attached hydrogens (tertiary/aromatic N) is 3. The topological polar surface area (TPSA) is 36.4 Å². The van der Waals surface area contributed by atoms with Gasteiger partial charge in [-0.2, -0.15) is 0 Å². The van der Waals surface area contributed by atoms with E-state index in [-0.39, 0.29) is 24.2 Å². The molecule has 0 bridgehead atoms. The number of benzene rings is 1. The lowest BCUT2D eigenvalue weighted by molar-refractivity contribution is -0.124. The van der Waals surface area contributed by atoms with Gasteiger partial charge in [-0.25, -0.2) is 4.98 Å². The van der Waals surface area contributed by atoms with E-state index in [1.54, 1.807) is 11.3 Å². The molecule has 1 aromatic carbocycles. The number of anilines is 1. The lowest BCUT2D eigenvalue weighted by Gasteiger charge is -2.30. The maximum Gasteiger partial charge on any atom is 0.231 e. The third-order valence-corrected chi connectivity index (χ3v) is 6.08. The van der Waals surface area contributed by atoms with Gasteiger partial charge in [0, 0.05) is 12.5 Å². The van der Waals surface area contributed by atoms with Gasteiger partial charge in [0.1, 0.15) is 0 Å². The molecule has 2 aromatic rings. The summed E-state index contributed by atoms with van der Waals surface area (Å²) in [6, 6.07) is 4.26. The highest BCUT2D eigenvalue weighted by Gasteiger charge is 2.31. The van der Waals surface area contributed by atoms with Crippen LogP contribution in [0.5, 0.6) is 0 Å². The summed E-state index contributed by atoms with van der Waals surface area (Å²) in [5.41, 5.74) is 3.47. The first-order valence-corrected chi connectivity index (χ1v) is 9.62. The van der Waals surface area contributed by atoms with E-state index >= 15 is 0 Å². The van der Waals surface area contributed by atoms with Gasteiger partial charge in [-0.3, -0.25) is 9.69 Å². The average Bonchev–Trinajstić information content (AvgIpc) is 2.91. The van der Waals surface area contributed by atoms with Gasteiger partial charge >= 0.3 is 0 Å². The lowest BCUT2D eigenvalue weighted by atomic mass is 9.84. The van der Waals surface area contributed by atoms with Crippen LogP contribution in [0.4, 0.5) is 5.13 Å². The Kier molecular flexibility index (Phi) is 6.83. The van der Waals surface area contributed by atoms with E-state index in [4.69, 9.17) is 4.98 Å². The van der Waals surface area contributed by atoms with Crippen molar-refractivity contribution in [3.63, 3.8) is 0 Å². The quantitative estimate of drug-likeness (QED) is 0.743. The molecule has 0 N–H and O–H groups in total. The summed E-state index contributed by atoms with van der Waals surface area (Å²) in [6.07, 6.45) is 4.22. The molecule has 0 aliphatic heterocycles. The molecule has 1 saturated carbocycles. The Labute approximate surface area is 160 Å². The molecule has 3 rings (SSSR count). The lowest BCUT2D eigenvalue weighted by Crippen LogP contribution is -2.40. The second-order valence-corrected chi connectivity index (χ2v) is 8.13. The summed E-state index contributed by atoms with van der Waals surface area (Å²) in [5.74, 6) is 0.480. The van der Waals surface area contributed by atoms with Crippen LogP contribution >= 0.6 is 23.7 Å². The van der Waals surface area contributed by atoms with Gasteiger partial charge in [0.05, 0.1) is 10.2 Å². The predicted octanol–water partition coefficient (Wildman–Crippen LogP) is 4.42. The molecule has 1 aromatic heterocycles. The van der Waals surface area contributed by atoms with Crippen LogP contribution in [0.2, 0.25) is 0 Å². The van der Waals surface area contributed by atoms with Crippen LogP contribution < -0.4 is 4.90 Å². The van der Waals surface area contributed by atoms with Crippen molar-refractivity contribution in [2.45, 2.75) is 39.5 Å². The third-order valence-electron chi connectivity index (χ3n) is 4.87. The van der Waals surface area contributed by atoms with Crippen LogP contribution in [0.15, 0.2) is 12.1 Å². The van der Waals surface area contributed by atoms with Crippen molar-refractivity contribution >= 4 is 45.0 Å². The number of carbonyl (C=O) groups excluding carboxylic acids is 1. The number of fused-ring (bicyclic) bond motifs is 1. The van der Waals surface area contributed by atoms with E-state index in [2.05, 4.69) is 45.0 Å². The molecule has 1 aliphatic carbocycles. The molecular weight excluding hydrogens is 354 g/mol. The zero-order valence-electron chi connectivity index (χ0n) is 15.5. The van der Waals surface area contributed by atoms with Crippen LogP contribution in [-0.4, -0.2) is 43.0 Å². The normalized spacial score (nSPS) is 14.4. The van der Waals surface area contributed by atoms with Crippen molar-refractivity contribution in [2.24, 2.45) is 5.92 Å². The van der Waals surface area contributed by atoms with E-state index in [0.717, 1.165) is 43.0 Å². The van der Waals surface area contributed by atoms with Crippen molar-refractivity contribution in [3.05, 3.63) is 23.3 Å². The number of aryl methyl sites for hydroxylation is 2. The zero-order valence-corrected chi connectivity index (χ0v) is 17.2. The van der Waals surface area contributed by atoms with Crippen LogP contribution in [0.25, 0.3) is 10.2 Å². The van der Waals surface area contributed by atoms with Gasteiger partial charge < -0.3 is 4.90 Å². The van der Waals surface area contributed by atoms with Gasteiger partial charge in [-0.1, -0.05) is 29.9 Å². The second kappa shape index (κ2) is 8.47. The SMILES string of the molecule is Cc1ccc(C)c2sc(N(CCCN(C)C)C(=O)C3CCC3)nc12.Cl. The van der Waals surface area contributed by atoms with Crippen LogP contribution in [-0.2, 0) is 4.79 Å². The highest BCUT2D eigenvalue weighted by Crippen LogP contribution is 2.36. The summed E-state index contributed by atoms with van der Waals surface area (Å²) in [7, 11) is 4.14. The molecule has 0 spiro atoms. The minimum Gasteiger partial charge on any atom is -0.309 e. The van der Waals surface area contributed by atoms with Crippen LogP contribution in [0.3, 0.4) is 0 Å². The Hall–Kier alpha value is -1.17. The molecule has 138 valence electrons. The molecular formula is C19H28ClN3OS. The Morgan fingerprint density at radius 3 is 2.44 bits per heavy atom. The molecule has 4 nitrogen and oxygen atoms in total. The van der Waals surface area contributed by atoms with E-state index in [1.165, 1.54) is 22.2 Å². The fourth-order valence-corrected chi connectivity index (χ4v) is 4.23. The fourth-order valence-electron chi connectivity index (χ4n) is 3.08. The van der Waals surface area contributed by atoms with Crippen LogP contribution in [0.1, 0.15) is 36.8 Å². The highest BCUT2D eigenvalue weighted by atomic mass is 35.5. The standard InChI is InChI=1S/C19H27N3OS.ClH/c1-13-9-10-14(2)17-16(13)20-19(24-17)22(12-6-11-21(3)4)18(23)15-7-5-8-15;/h9-10,15H,5-8,11-12H2,1-4H3;1H. The first-order chi connectivity index (χ1) is 11.5. The number of aromatic nitrogens is 1. The number of rotatable bonds is 6. The average molecular weight is 382 g/mol. The molecule has 25 heavy (non-hydrogen) atoms. The summed E-state index contributed by atoms with van der Waals surface area (Å²) in [4.78, 5) is 21.9. The summed E-state index contributed by atoms with van der Waals surface area (Å²) in [6.45, 7) is 5.95. The van der Waals surface area contributed by atoms with Crippen molar-refractivity contribution in [1.82, 2.24) is 9.88 Å². The Morgan fingerprint density at radius 2 is 1.88 bits per heavy atom. The van der Waals surface area contributed by atoms with E-state index < -0.39 is 0 Å². The largest absolute Gasteiger partial charge is 0.309 e.